The van der Waals surface area contributed by atoms with E-state index in [0.29, 0.717) is 43.6 Å². The smallest absolute Gasteiger partial charge is 0.261 e. The lowest BCUT2D eigenvalue weighted by Gasteiger charge is -2.27. The lowest BCUT2D eigenvalue weighted by Crippen LogP contribution is -2.41. The van der Waals surface area contributed by atoms with Gasteiger partial charge in [-0.3, -0.25) is 19.3 Å². The van der Waals surface area contributed by atoms with E-state index in [2.05, 4.69) is 9.88 Å². The van der Waals surface area contributed by atoms with Crippen LogP contribution in [0, 0.1) is 0 Å². The average Bonchev–Trinajstić information content (AvgIpc) is 3.18. The zero-order valence-corrected chi connectivity index (χ0v) is 19.9. The number of H-pyrrole nitrogens is 1. The highest BCUT2D eigenvalue weighted by molar-refractivity contribution is 6.25. The number of anilines is 1. The number of imide groups is 1. The number of amides is 3. The number of para-hydroxylation sites is 2. The summed E-state index contributed by atoms with van der Waals surface area (Å²) >= 11 is 0. The van der Waals surface area contributed by atoms with Gasteiger partial charge in [-0.1, -0.05) is 36.4 Å². The van der Waals surface area contributed by atoms with Crippen molar-refractivity contribution < 1.29 is 14.4 Å². The monoisotopic (exact) mass is 481 g/mol. The van der Waals surface area contributed by atoms with Crippen molar-refractivity contribution in [1.82, 2.24) is 19.8 Å². The molecule has 8 nitrogen and oxygen atoms in total. The Hall–Kier alpha value is -4.20. The molecule has 4 aromatic rings. The number of carbonyl (C=O) groups is 3. The molecule has 1 aromatic heterocycles. The van der Waals surface area contributed by atoms with Crippen LogP contribution in [-0.4, -0.2) is 70.2 Å². The predicted molar refractivity (Wildman–Crippen MR) is 138 cm³/mol. The number of imidazole rings is 1. The predicted octanol–water partition coefficient (Wildman–Crippen LogP) is 3.83. The van der Waals surface area contributed by atoms with Gasteiger partial charge in [0.05, 0.1) is 11.0 Å². The van der Waals surface area contributed by atoms with Gasteiger partial charge in [-0.25, -0.2) is 4.98 Å². The summed E-state index contributed by atoms with van der Waals surface area (Å²) in [5, 5.41) is 1.61. The van der Waals surface area contributed by atoms with Crippen LogP contribution in [0.3, 0.4) is 0 Å². The van der Waals surface area contributed by atoms with Gasteiger partial charge < -0.3 is 14.8 Å². The van der Waals surface area contributed by atoms with Crippen LogP contribution in [0.2, 0.25) is 0 Å². The van der Waals surface area contributed by atoms with Gasteiger partial charge in [-0.2, -0.15) is 0 Å². The van der Waals surface area contributed by atoms with Gasteiger partial charge in [0, 0.05) is 55.7 Å². The van der Waals surface area contributed by atoms with Gasteiger partial charge in [0.25, 0.3) is 11.8 Å². The second-order valence-corrected chi connectivity index (χ2v) is 9.37. The summed E-state index contributed by atoms with van der Waals surface area (Å²) in [5.74, 6) is 0.324. The molecule has 1 saturated heterocycles. The van der Waals surface area contributed by atoms with Crippen molar-refractivity contribution in [2.24, 2.45) is 0 Å². The number of nitrogens with zero attached hydrogens (tertiary/aromatic N) is 4. The Kier molecular flexibility index (Phi) is 5.64. The zero-order chi connectivity index (χ0) is 24.6. The van der Waals surface area contributed by atoms with Gasteiger partial charge in [-0.05, 0) is 42.5 Å². The first-order valence-corrected chi connectivity index (χ1v) is 12.5. The van der Waals surface area contributed by atoms with Crippen LogP contribution in [0.25, 0.3) is 21.8 Å². The fourth-order valence-electron chi connectivity index (χ4n) is 5.30. The molecule has 0 radical (unpaired) electrons. The van der Waals surface area contributed by atoms with Crippen LogP contribution in [0.5, 0.6) is 0 Å². The number of fused-ring (bicyclic) bond motifs is 1. The molecular formula is C28H27N5O3. The molecule has 1 N–H and O–H groups in total. The minimum Gasteiger partial charge on any atom is -0.341 e. The third-order valence-electron chi connectivity index (χ3n) is 7.15. The minimum absolute atomic E-state index is 0.0564. The topological polar surface area (TPSA) is 89.6 Å². The molecule has 6 rings (SSSR count). The van der Waals surface area contributed by atoms with Crippen molar-refractivity contribution >= 4 is 45.5 Å². The van der Waals surface area contributed by atoms with Gasteiger partial charge in [-0.15, -0.1) is 0 Å². The molecule has 3 aromatic carbocycles. The fourth-order valence-corrected chi connectivity index (χ4v) is 5.30. The summed E-state index contributed by atoms with van der Waals surface area (Å²) in [6.07, 6.45) is 1.60. The van der Waals surface area contributed by atoms with Crippen LogP contribution in [0.4, 0.5) is 5.95 Å². The van der Waals surface area contributed by atoms with Crippen LogP contribution < -0.4 is 4.90 Å². The minimum atomic E-state index is -0.284. The summed E-state index contributed by atoms with van der Waals surface area (Å²) in [5.41, 5.74) is 3.04. The molecule has 182 valence electrons. The third-order valence-corrected chi connectivity index (χ3v) is 7.15. The molecule has 0 aliphatic carbocycles. The van der Waals surface area contributed by atoms with Crippen LogP contribution in [0.1, 0.15) is 40.0 Å². The quantitative estimate of drug-likeness (QED) is 0.438. The van der Waals surface area contributed by atoms with Gasteiger partial charge >= 0.3 is 0 Å². The lowest BCUT2D eigenvalue weighted by molar-refractivity contribution is -0.131. The van der Waals surface area contributed by atoms with Gasteiger partial charge in [0.15, 0.2) is 0 Å². The highest BCUT2D eigenvalue weighted by Gasteiger charge is 2.32. The van der Waals surface area contributed by atoms with E-state index in [1.807, 2.05) is 53.4 Å². The van der Waals surface area contributed by atoms with E-state index in [-0.39, 0.29) is 24.3 Å². The highest BCUT2D eigenvalue weighted by Crippen LogP contribution is 2.30. The van der Waals surface area contributed by atoms with Crippen LogP contribution in [0.15, 0.2) is 60.7 Å². The lowest BCUT2D eigenvalue weighted by atomic mass is 9.94. The largest absolute Gasteiger partial charge is 0.341 e. The maximum Gasteiger partial charge on any atom is 0.261 e. The number of nitrogens with one attached hydrogen (secondary N) is 1. The third kappa shape index (κ3) is 3.88. The second-order valence-electron chi connectivity index (χ2n) is 9.37. The Morgan fingerprint density at radius 2 is 1.61 bits per heavy atom. The molecule has 0 bridgehead atoms. The number of benzene rings is 3. The highest BCUT2D eigenvalue weighted by atomic mass is 16.2. The molecule has 1 fully saturated rings. The zero-order valence-electron chi connectivity index (χ0n) is 19.9. The molecule has 0 atom stereocenters. The Labute approximate surface area is 208 Å². The number of hydrogen-bond donors (Lipinski definition) is 1. The molecular weight excluding hydrogens is 454 g/mol. The summed E-state index contributed by atoms with van der Waals surface area (Å²) in [4.78, 5) is 52.6. The number of hydrogen-bond acceptors (Lipinski definition) is 5. The Balaban J connectivity index is 1.07. The van der Waals surface area contributed by atoms with Crippen LogP contribution >= 0.6 is 0 Å². The molecule has 0 spiro atoms. The van der Waals surface area contributed by atoms with Gasteiger partial charge in [0.1, 0.15) is 0 Å². The Morgan fingerprint density at radius 1 is 0.861 bits per heavy atom. The van der Waals surface area contributed by atoms with E-state index in [4.69, 9.17) is 4.98 Å². The number of aromatic amines is 1. The van der Waals surface area contributed by atoms with Crippen molar-refractivity contribution in [3.05, 3.63) is 71.8 Å². The van der Waals surface area contributed by atoms with E-state index in [9.17, 15) is 14.4 Å². The summed E-state index contributed by atoms with van der Waals surface area (Å²) in [6.45, 7) is 3.06. The normalized spacial score (nSPS) is 16.2. The van der Waals surface area contributed by atoms with Crippen molar-refractivity contribution in [3.63, 3.8) is 0 Å². The molecule has 36 heavy (non-hydrogen) atoms. The van der Waals surface area contributed by atoms with Gasteiger partial charge in [0.2, 0.25) is 11.9 Å². The van der Waals surface area contributed by atoms with Crippen molar-refractivity contribution in [3.8, 4) is 0 Å². The molecule has 2 aliphatic heterocycles. The molecule has 2 aliphatic rings. The summed E-state index contributed by atoms with van der Waals surface area (Å²) < 4.78 is 0. The van der Waals surface area contributed by atoms with Crippen molar-refractivity contribution in [2.75, 3.05) is 37.6 Å². The van der Waals surface area contributed by atoms with E-state index >= 15 is 0 Å². The molecule has 0 saturated carbocycles. The molecule has 3 heterocycles. The number of aromatic nitrogens is 2. The maximum atomic E-state index is 13.1. The maximum absolute atomic E-state index is 13.1. The van der Waals surface area contributed by atoms with E-state index in [1.165, 1.54) is 4.90 Å². The molecule has 0 unspecified atom stereocenters. The Bertz CT molecular complexity index is 1410. The second kappa shape index (κ2) is 9.11. The summed E-state index contributed by atoms with van der Waals surface area (Å²) in [6, 6.07) is 19.0. The first-order chi connectivity index (χ1) is 17.6. The first kappa shape index (κ1) is 22.3. The number of rotatable bonds is 5. The molecule has 8 heteroatoms. The van der Waals surface area contributed by atoms with E-state index in [0.717, 1.165) is 40.7 Å². The van der Waals surface area contributed by atoms with E-state index in [1.54, 1.807) is 12.1 Å². The SMILES string of the molecule is O=C(CCCN1C(=O)c2cccc3cccc(c23)C1=O)N1CCCN(c2nc3ccccc3[nH]2)CC1. The number of carbonyl (C=O) groups excluding carboxylic acids is 3. The standard InChI is InChI=1S/C28H27N5O3/c34-24(31-14-6-15-32(18-17-31)28-29-22-11-1-2-12-23(22)30-28)13-5-16-33-26(35)20-9-3-7-19-8-4-10-21(25(19)20)27(33)36/h1-4,7-12H,5-6,13-18H2,(H,29,30). The Morgan fingerprint density at radius 3 is 2.36 bits per heavy atom. The van der Waals surface area contributed by atoms with Crippen LogP contribution in [-0.2, 0) is 4.79 Å². The van der Waals surface area contributed by atoms with E-state index < -0.39 is 0 Å². The van der Waals surface area contributed by atoms with Crippen molar-refractivity contribution in [2.45, 2.75) is 19.3 Å². The fraction of sp³-hybridized carbons (Fsp3) is 0.286. The first-order valence-electron chi connectivity index (χ1n) is 12.5. The summed E-state index contributed by atoms with van der Waals surface area (Å²) in [7, 11) is 0. The molecule has 3 amide bonds. The average molecular weight is 482 g/mol. The van der Waals surface area contributed by atoms with Crippen molar-refractivity contribution in [1.29, 1.82) is 0 Å².